The molecule has 0 spiro atoms. The van der Waals surface area contributed by atoms with Gasteiger partial charge < -0.3 is 4.74 Å². The number of carbonyl (C=O) groups is 1. The fourth-order valence-corrected chi connectivity index (χ4v) is 1.86. The van der Waals surface area contributed by atoms with Crippen molar-refractivity contribution in [3.63, 3.8) is 0 Å². The molecule has 0 aliphatic carbocycles. The van der Waals surface area contributed by atoms with E-state index in [9.17, 15) is 4.79 Å². The number of Topliss-reactive ketones (excluding diaryl/α,β-unsaturated/α-hetero) is 1. The average molecular weight is 271 g/mol. The maximum absolute atomic E-state index is 12.2. The predicted octanol–water partition coefficient (Wildman–Crippen LogP) is 3.06. The molecule has 1 unspecified atom stereocenters. The van der Waals surface area contributed by atoms with Gasteiger partial charge >= 0.3 is 0 Å². The lowest BCUT2D eigenvalue weighted by Crippen LogP contribution is -2.36. The van der Waals surface area contributed by atoms with E-state index in [1.54, 1.807) is 7.11 Å². The molecular weight excluding hydrogens is 256 g/mol. The summed E-state index contributed by atoms with van der Waals surface area (Å²) in [5.74, 6) is 0.0763. The summed E-state index contributed by atoms with van der Waals surface area (Å²) in [6, 6.07) is 9.27. The number of halogens is 1. The van der Waals surface area contributed by atoms with Crippen molar-refractivity contribution in [2.24, 2.45) is 0 Å². The lowest BCUT2D eigenvalue weighted by atomic mass is 9.96. The van der Waals surface area contributed by atoms with Crippen LogP contribution in [0.1, 0.15) is 23.7 Å². The third-order valence-electron chi connectivity index (χ3n) is 2.38. The minimum absolute atomic E-state index is 0.0763. The summed E-state index contributed by atoms with van der Waals surface area (Å²) < 4.78 is 4.48. The van der Waals surface area contributed by atoms with E-state index in [1.807, 2.05) is 37.3 Å². The van der Waals surface area contributed by atoms with Crippen molar-refractivity contribution >= 4 is 21.7 Å². The van der Waals surface area contributed by atoms with Gasteiger partial charge in [0.25, 0.3) is 0 Å². The largest absolute Gasteiger partial charge is 0.383 e. The minimum Gasteiger partial charge on any atom is -0.383 e. The number of carbonyl (C=O) groups excluding carboxylic acids is 1. The van der Waals surface area contributed by atoms with E-state index >= 15 is 0 Å². The fraction of sp³-hybridized carbons (Fsp3) is 0.417. The third kappa shape index (κ3) is 2.89. The van der Waals surface area contributed by atoms with Crippen molar-refractivity contribution < 1.29 is 9.53 Å². The van der Waals surface area contributed by atoms with Gasteiger partial charge in [-0.25, -0.2) is 0 Å². The molecule has 0 aliphatic rings. The zero-order valence-corrected chi connectivity index (χ0v) is 10.6. The van der Waals surface area contributed by atoms with E-state index < -0.39 is 4.32 Å². The first kappa shape index (κ1) is 12.4. The van der Waals surface area contributed by atoms with E-state index in [-0.39, 0.29) is 5.78 Å². The molecule has 0 heterocycles. The Hall–Kier alpha value is -0.670. The third-order valence-corrected chi connectivity index (χ3v) is 3.53. The number of benzene rings is 1. The number of hydrogen-bond acceptors (Lipinski definition) is 2. The van der Waals surface area contributed by atoms with E-state index in [0.717, 1.165) is 0 Å². The Labute approximate surface area is 98.8 Å². The van der Waals surface area contributed by atoms with Crippen LogP contribution in [-0.4, -0.2) is 23.8 Å². The van der Waals surface area contributed by atoms with Crippen LogP contribution in [0.4, 0.5) is 0 Å². The Morgan fingerprint density at radius 3 is 2.47 bits per heavy atom. The van der Waals surface area contributed by atoms with Crippen LogP contribution < -0.4 is 0 Å². The molecule has 1 rings (SSSR count). The molecule has 0 fully saturated rings. The van der Waals surface area contributed by atoms with Gasteiger partial charge in [0.2, 0.25) is 0 Å². The SMILES string of the molecule is CCC(Br)(COC)C(=O)c1ccccc1. The van der Waals surface area contributed by atoms with Crippen LogP contribution in [0.15, 0.2) is 30.3 Å². The van der Waals surface area contributed by atoms with Crippen molar-refractivity contribution in [3.05, 3.63) is 35.9 Å². The molecule has 0 saturated heterocycles. The van der Waals surface area contributed by atoms with E-state index in [2.05, 4.69) is 15.9 Å². The standard InChI is InChI=1S/C12H15BrO2/c1-3-12(13,9-15-2)11(14)10-7-5-4-6-8-10/h4-8H,3,9H2,1-2H3. The summed E-state index contributed by atoms with van der Waals surface area (Å²) in [5, 5.41) is 0. The maximum atomic E-state index is 12.2. The zero-order chi connectivity index (χ0) is 11.3. The lowest BCUT2D eigenvalue weighted by Gasteiger charge is -2.23. The van der Waals surface area contributed by atoms with Crippen molar-refractivity contribution in [3.8, 4) is 0 Å². The van der Waals surface area contributed by atoms with Crippen molar-refractivity contribution in [1.29, 1.82) is 0 Å². The van der Waals surface area contributed by atoms with Gasteiger partial charge in [-0.05, 0) is 6.42 Å². The highest BCUT2D eigenvalue weighted by atomic mass is 79.9. The second kappa shape index (κ2) is 5.42. The van der Waals surface area contributed by atoms with Crippen LogP contribution in [0.2, 0.25) is 0 Å². The Balaban J connectivity index is 2.92. The highest BCUT2D eigenvalue weighted by Crippen LogP contribution is 2.27. The van der Waals surface area contributed by atoms with Crippen molar-refractivity contribution in [1.82, 2.24) is 0 Å². The zero-order valence-electron chi connectivity index (χ0n) is 9.00. The van der Waals surface area contributed by atoms with Gasteiger partial charge in [-0.1, -0.05) is 53.2 Å². The summed E-state index contributed by atoms with van der Waals surface area (Å²) in [5.41, 5.74) is 0.716. The molecule has 0 aromatic heterocycles. The first-order valence-electron chi connectivity index (χ1n) is 4.91. The van der Waals surface area contributed by atoms with Crippen LogP contribution in [0.25, 0.3) is 0 Å². The molecule has 82 valence electrons. The summed E-state index contributed by atoms with van der Waals surface area (Å²) in [6.07, 6.45) is 0.703. The van der Waals surface area contributed by atoms with Crippen LogP contribution in [0, 0.1) is 0 Å². The van der Waals surface area contributed by atoms with E-state index in [4.69, 9.17) is 4.74 Å². The maximum Gasteiger partial charge on any atom is 0.181 e. The number of hydrogen-bond donors (Lipinski definition) is 0. The molecule has 15 heavy (non-hydrogen) atoms. The van der Waals surface area contributed by atoms with Gasteiger partial charge in [0.15, 0.2) is 5.78 Å². The molecule has 1 aromatic carbocycles. The Bertz CT molecular complexity index is 324. The molecule has 0 saturated carbocycles. The lowest BCUT2D eigenvalue weighted by molar-refractivity contribution is 0.0858. The van der Waals surface area contributed by atoms with Crippen molar-refractivity contribution in [2.45, 2.75) is 17.7 Å². The smallest absolute Gasteiger partial charge is 0.181 e. The topological polar surface area (TPSA) is 26.3 Å². The van der Waals surface area contributed by atoms with Crippen LogP contribution in [0.5, 0.6) is 0 Å². The summed E-state index contributed by atoms with van der Waals surface area (Å²) in [4.78, 5) is 12.2. The van der Waals surface area contributed by atoms with Gasteiger partial charge in [-0.3, -0.25) is 4.79 Å². The normalized spacial score (nSPS) is 14.6. The fourth-order valence-electron chi connectivity index (χ4n) is 1.41. The highest BCUT2D eigenvalue weighted by molar-refractivity contribution is 9.10. The molecule has 2 nitrogen and oxygen atoms in total. The van der Waals surface area contributed by atoms with Gasteiger partial charge in [-0.15, -0.1) is 0 Å². The predicted molar refractivity (Wildman–Crippen MR) is 64.6 cm³/mol. The van der Waals surface area contributed by atoms with Crippen LogP contribution >= 0.6 is 15.9 Å². The molecule has 0 radical (unpaired) electrons. The second-order valence-corrected chi connectivity index (χ2v) is 4.96. The van der Waals surface area contributed by atoms with E-state index in [1.165, 1.54) is 0 Å². The summed E-state index contributed by atoms with van der Waals surface area (Å²) in [7, 11) is 1.60. The van der Waals surface area contributed by atoms with Gasteiger partial charge in [0, 0.05) is 12.7 Å². The summed E-state index contributed by atoms with van der Waals surface area (Å²) >= 11 is 3.47. The molecule has 0 bridgehead atoms. The van der Waals surface area contributed by atoms with E-state index in [0.29, 0.717) is 18.6 Å². The molecule has 3 heteroatoms. The first-order valence-corrected chi connectivity index (χ1v) is 5.71. The molecule has 0 amide bonds. The van der Waals surface area contributed by atoms with Gasteiger partial charge in [0.05, 0.1) is 6.61 Å². The Morgan fingerprint density at radius 1 is 1.40 bits per heavy atom. The molecular formula is C12H15BrO2. The highest BCUT2D eigenvalue weighted by Gasteiger charge is 2.34. The number of alkyl halides is 1. The van der Waals surface area contributed by atoms with Gasteiger partial charge in [-0.2, -0.15) is 0 Å². The molecule has 1 atom stereocenters. The second-order valence-electron chi connectivity index (χ2n) is 3.45. The molecule has 1 aromatic rings. The molecule has 0 aliphatic heterocycles. The number of ketones is 1. The van der Waals surface area contributed by atoms with Crippen LogP contribution in [0.3, 0.4) is 0 Å². The number of ether oxygens (including phenoxy) is 1. The Morgan fingerprint density at radius 2 is 2.00 bits per heavy atom. The number of rotatable bonds is 5. The van der Waals surface area contributed by atoms with Crippen LogP contribution in [-0.2, 0) is 4.74 Å². The van der Waals surface area contributed by atoms with Crippen molar-refractivity contribution in [2.75, 3.05) is 13.7 Å². The monoisotopic (exact) mass is 270 g/mol. The number of methoxy groups -OCH3 is 1. The first-order chi connectivity index (χ1) is 7.14. The summed E-state index contributed by atoms with van der Waals surface area (Å²) in [6.45, 7) is 2.35. The quantitative estimate of drug-likeness (QED) is 0.607. The Kier molecular flexibility index (Phi) is 4.48. The van der Waals surface area contributed by atoms with Gasteiger partial charge in [0.1, 0.15) is 4.32 Å². The average Bonchev–Trinajstić information content (AvgIpc) is 2.29. The minimum atomic E-state index is -0.594. The molecule has 0 N–H and O–H groups in total.